The molecule has 0 aliphatic carbocycles. The average Bonchev–Trinajstić information content (AvgIpc) is 3.13. The molecule has 5 rings (SSSR count). The number of methoxy groups -OCH3 is 1. The Balaban J connectivity index is 1.38. The number of carbonyl (C=O) groups excluding carboxylic acids is 2. The molecule has 0 spiro atoms. The van der Waals surface area contributed by atoms with Crippen molar-refractivity contribution in [2.24, 2.45) is 0 Å². The zero-order valence-corrected chi connectivity index (χ0v) is 30.8. The predicted octanol–water partition coefficient (Wildman–Crippen LogP) is 7.05. The topological polar surface area (TPSA) is 126 Å². The van der Waals surface area contributed by atoms with Crippen LogP contribution in [0.15, 0.2) is 102 Å². The molecule has 0 aromatic heterocycles. The summed E-state index contributed by atoms with van der Waals surface area (Å²) in [6.45, 7) is 2.41. The second-order valence-corrected chi connectivity index (χ2v) is 15.1. The number of hydrogen-bond donors (Lipinski definition) is 3. The number of piperazine rings is 1. The van der Waals surface area contributed by atoms with Crippen LogP contribution in [0, 0.1) is 5.82 Å². The van der Waals surface area contributed by atoms with Gasteiger partial charge in [0.25, 0.3) is 0 Å². The molecular formula is C38H39ClF4N4O6S. The van der Waals surface area contributed by atoms with E-state index in [-0.39, 0.29) is 11.3 Å². The number of carbonyl (C=O) groups is 2. The first-order valence-electron chi connectivity index (χ1n) is 17.0. The summed E-state index contributed by atoms with van der Waals surface area (Å²) in [7, 11) is -2.96. The lowest BCUT2D eigenvalue weighted by molar-refractivity contribution is -0.274. The Labute approximate surface area is 315 Å². The molecule has 0 saturated carbocycles. The highest BCUT2D eigenvalue weighted by atomic mass is 35.5. The number of alkyl halides is 3. The zero-order valence-electron chi connectivity index (χ0n) is 29.3. The molecule has 288 valence electrons. The highest BCUT2D eigenvalue weighted by Gasteiger charge is 2.38. The molecule has 1 fully saturated rings. The predicted molar refractivity (Wildman–Crippen MR) is 195 cm³/mol. The summed E-state index contributed by atoms with van der Waals surface area (Å²) in [5, 5.41) is 9.33. The van der Waals surface area contributed by atoms with Gasteiger partial charge < -0.3 is 25.4 Å². The summed E-state index contributed by atoms with van der Waals surface area (Å²) in [6.07, 6.45) is -4.88. The van der Waals surface area contributed by atoms with E-state index in [0.717, 1.165) is 24.3 Å². The third-order valence-electron chi connectivity index (χ3n) is 9.08. The fourth-order valence-electron chi connectivity index (χ4n) is 6.54. The van der Waals surface area contributed by atoms with Crippen LogP contribution >= 0.6 is 11.6 Å². The van der Waals surface area contributed by atoms with Gasteiger partial charge in [0.2, 0.25) is 15.9 Å². The lowest BCUT2D eigenvalue weighted by atomic mass is 9.85. The molecule has 4 aromatic carbocycles. The molecule has 1 heterocycles. The number of amides is 2. The van der Waals surface area contributed by atoms with E-state index in [9.17, 15) is 35.6 Å². The highest BCUT2D eigenvalue weighted by Crippen LogP contribution is 2.31. The van der Waals surface area contributed by atoms with Gasteiger partial charge in [0.05, 0.1) is 12.0 Å². The summed E-state index contributed by atoms with van der Waals surface area (Å²) < 4.78 is 89.7. The monoisotopic (exact) mass is 790 g/mol. The van der Waals surface area contributed by atoms with Gasteiger partial charge in [-0.15, -0.1) is 13.2 Å². The zero-order chi connectivity index (χ0) is 39.0. The molecule has 0 radical (unpaired) electrons. The fourth-order valence-corrected chi connectivity index (χ4v) is 8.51. The summed E-state index contributed by atoms with van der Waals surface area (Å²) >= 11 is 6.16. The van der Waals surface area contributed by atoms with Gasteiger partial charge in [0.1, 0.15) is 17.6 Å². The largest absolute Gasteiger partial charge is 0.573 e. The number of benzene rings is 4. The standard InChI is InChI=1S/C38H39ClF4N4O6S/c1-24-22-44-23-30(47(24)54(50,51)32-19-17-31(18-20-32)53-38(41,42)43)16-11-27-5-3-4-6-34(27)45-36(48)35(46-37(49)52-2)33(26-9-12-28(39)13-10-26)21-25-7-14-29(40)15-8-25/h3-10,12-15,17-20,24,30,33,35,44H,11,16,21-23H2,1-2H3,(H,45,48)(H,46,49)/t24-,30-,33-,35-/m0/s1. The Morgan fingerprint density at radius 3 is 2.28 bits per heavy atom. The fraction of sp³-hybridized carbons (Fsp3) is 0.316. The van der Waals surface area contributed by atoms with E-state index in [1.54, 1.807) is 67.6 Å². The van der Waals surface area contributed by atoms with Gasteiger partial charge in [-0.1, -0.05) is 54.1 Å². The molecule has 4 aromatic rings. The van der Waals surface area contributed by atoms with Crippen molar-refractivity contribution < 1.29 is 45.0 Å². The lowest BCUT2D eigenvalue weighted by Gasteiger charge is -2.40. The molecule has 1 aliphatic heterocycles. The second kappa shape index (κ2) is 17.6. The first kappa shape index (κ1) is 40.5. The minimum Gasteiger partial charge on any atom is -0.453 e. The van der Waals surface area contributed by atoms with Crippen LogP contribution in [-0.2, 0) is 32.4 Å². The summed E-state index contributed by atoms with van der Waals surface area (Å²) in [6, 6.07) is 21.5. The van der Waals surface area contributed by atoms with Crippen LogP contribution in [0.3, 0.4) is 0 Å². The number of nitrogens with zero attached hydrogens (tertiary/aromatic N) is 1. The number of nitrogens with one attached hydrogen (secondary N) is 3. The Hall–Kier alpha value is -4.70. The van der Waals surface area contributed by atoms with Gasteiger partial charge in [0.15, 0.2) is 0 Å². The van der Waals surface area contributed by atoms with Crippen LogP contribution in [0.4, 0.5) is 28.0 Å². The quantitative estimate of drug-likeness (QED) is 0.124. The number of rotatable bonds is 13. The molecule has 2 amide bonds. The summed E-state index contributed by atoms with van der Waals surface area (Å²) in [5.74, 6) is -2.18. The van der Waals surface area contributed by atoms with Crippen molar-refractivity contribution in [3.8, 4) is 5.75 Å². The molecule has 4 atom stereocenters. The van der Waals surface area contributed by atoms with Crippen LogP contribution in [0.1, 0.15) is 36.0 Å². The van der Waals surface area contributed by atoms with E-state index in [4.69, 9.17) is 16.3 Å². The molecule has 0 unspecified atom stereocenters. The maximum absolute atomic E-state index is 14.2. The number of ether oxygens (including phenoxy) is 2. The van der Waals surface area contributed by atoms with Gasteiger partial charge in [-0.25, -0.2) is 17.6 Å². The number of halogens is 5. The number of para-hydroxylation sites is 1. The SMILES string of the molecule is COC(=O)N[C@H](C(=O)Nc1ccccc1CC[C@H]1CNC[C@H](C)N1S(=O)(=O)c1ccc(OC(F)(F)F)cc1)[C@@H](Cc1ccc(F)cc1)c1ccc(Cl)cc1. The Morgan fingerprint density at radius 2 is 1.63 bits per heavy atom. The van der Waals surface area contributed by atoms with Crippen molar-refractivity contribution in [1.29, 1.82) is 0 Å². The highest BCUT2D eigenvalue weighted by molar-refractivity contribution is 7.89. The van der Waals surface area contributed by atoms with Gasteiger partial charge in [0, 0.05) is 41.8 Å². The van der Waals surface area contributed by atoms with E-state index >= 15 is 0 Å². The van der Waals surface area contributed by atoms with Crippen molar-refractivity contribution >= 4 is 39.3 Å². The molecule has 3 N–H and O–H groups in total. The molecule has 1 aliphatic rings. The van der Waals surface area contributed by atoms with Crippen LogP contribution in [-0.4, -0.2) is 69.4 Å². The molecule has 54 heavy (non-hydrogen) atoms. The lowest BCUT2D eigenvalue weighted by Crippen LogP contribution is -2.58. The Bertz CT molecular complexity index is 2000. The Kier molecular flexibility index (Phi) is 13.2. The minimum atomic E-state index is -4.92. The van der Waals surface area contributed by atoms with Gasteiger partial charge in [-0.2, -0.15) is 4.31 Å². The number of sulfonamides is 1. The van der Waals surface area contributed by atoms with Crippen LogP contribution < -0.4 is 20.7 Å². The van der Waals surface area contributed by atoms with Crippen molar-refractivity contribution in [2.75, 3.05) is 25.5 Å². The van der Waals surface area contributed by atoms with E-state index in [2.05, 4.69) is 20.7 Å². The van der Waals surface area contributed by atoms with E-state index < -0.39 is 64.0 Å². The molecule has 0 bridgehead atoms. The van der Waals surface area contributed by atoms with E-state index in [1.807, 2.05) is 0 Å². The normalized spacial score (nSPS) is 17.6. The first-order chi connectivity index (χ1) is 25.6. The van der Waals surface area contributed by atoms with Gasteiger partial charge >= 0.3 is 12.5 Å². The number of alkyl carbamates (subject to hydrolysis) is 1. The van der Waals surface area contributed by atoms with Crippen molar-refractivity contribution in [1.82, 2.24) is 14.9 Å². The minimum absolute atomic E-state index is 0.177. The third kappa shape index (κ3) is 10.5. The van der Waals surface area contributed by atoms with Gasteiger partial charge in [-0.05, 0) is 97.5 Å². The van der Waals surface area contributed by atoms with Gasteiger partial charge in [-0.3, -0.25) is 4.79 Å². The van der Waals surface area contributed by atoms with Crippen LogP contribution in [0.2, 0.25) is 5.02 Å². The first-order valence-corrected chi connectivity index (χ1v) is 18.8. The molecular weight excluding hydrogens is 752 g/mol. The van der Waals surface area contributed by atoms with Crippen molar-refractivity contribution in [3.05, 3.63) is 125 Å². The molecule has 1 saturated heterocycles. The second-order valence-electron chi connectivity index (χ2n) is 12.8. The van der Waals surface area contributed by atoms with Crippen LogP contribution in [0.5, 0.6) is 5.75 Å². The maximum atomic E-state index is 14.2. The molecule has 16 heteroatoms. The average molecular weight is 791 g/mol. The van der Waals surface area contributed by atoms with E-state index in [1.165, 1.54) is 23.5 Å². The van der Waals surface area contributed by atoms with E-state index in [0.29, 0.717) is 53.3 Å². The number of anilines is 1. The Morgan fingerprint density at radius 1 is 0.963 bits per heavy atom. The summed E-state index contributed by atoms with van der Waals surface area (Å²) in [5.41, 5.74) is 2.51. The number of aryl methyl sites for hydroxylation is 1. The van der Waals surface area contributed by atoms with Crippen LogP contribution in [0.25, 0.3) is 0 Å². The van der Waals surface area contributed by atoms with Crippen molar-refractivity contribution in [2.45, 2.75) is 61.5 Å². The van der Waals surface area contributed by atoms with Crippen molar-refractivity contribution in [3.63, 3.8) is 0 Å². The smallest absolute Gasteiger partial charge is 0.453 e. The number of hydrogen-bond acceptors (Lipinski definition) is 7. The summed E-state index contributed by atoms with van der Waals surface area (Å²) in [4.78, 5) is 26.6. The molecule has 10 nitrogen and oxygen atoms in total. The maximum Gasteiger partial charge on any atom is 0.573 e. The third-order valence-corrected chi connectivity index (χ3v) is 11.4.